The van der Waals surface area contributed by atoms with Crippen molar-refractivity contribution < 1.29 is 59.3 Å². The molecular weight excluding hydrogens is 592 g/mol. The normalized spacial score (nSPS) is 45.0. The highest BCUT2D eigenvalue weighted by atomic mass is 16.7. The molecule has 2 heterocycles. The minimum Gasteiger partial charge on any atom is -0.459 e. The Hall–Kier alpha value is -1.91. The average Bonchev–Trinajstić information content (AvgIpc) is 2.97. The lowest BCUT2D eigenvalue weighted by molar-refractivity contribution is -0.298. The Bertz CT molecular complexity index is 1020. The summed E-state index contributed by atoms with van der Waals surface area (Å²) in [5, 5.41) is 70.8. The Morgan fingerprint density at radius 3 is 2.20 bits per heavy atom. The third kappa shape index (κ3) is 8.72. The molecule has 0 radical (unpaired) electrons. The van der Waals surface area contributed by atoms with E-state index in [2.05, 4.69) is 5.16 Å². The molecule has 1 unspecified atom stereocenters. The van der Waals surface area contributed by atoms with Crippen molar-refractivity contribution in [3.8, 4) is 0 Å². The van der Waals surface area contributed by atoms with Crippen LogP contribution < -0.4 is 0 Å². The fourth-order valence-electron chi connectivity index (χ4n) is 6.89. The molecule has 14 nitrogen and oxygen atoms in total. The van der Waals surface area contributed by atoms with Gasteiger partial charge < -0.3 is 54.6 Å². The molecule has 2 aliphatic rings. The monoisotopic (exact) mass is 648 g/mol. The summed E-state index contributed by atoms with van der Waals surface area (Å²) in [5.41, 5.74) is -3.68. The van der Waals surface area contributed by atoms with E-state index in [1.807, 2.05) is 0 Å². The fourth-order valence-corrected chi connectivity index (χ4v) is 6.89. The summed E-state index contributed by atoms with van der Waals surface area (Å²) < 4.78 is 22.9. The molecule has 262 valence electrons. The first-order chi connectivity index (χ1) is 20.8. The van der Waals surface area contributed by atoms with Crippen LogP contribution in [0.15, 0.2) is 5.16 Å². The number of likely N-dealkylation sites (N-methyl/N-ethyl adjacent to an activating group) is 1. The Balaban J connectivity index is 2.58. The Morgan fingerprint density at radius 1 is 1.07 bits per heavy atom. The largest absolute Gasteiger partial charge is 0.459 e. The molecule has 6 N–H and O–H groups in total. The molecule has 45 heavy (non-hydrogen) atoms. The van der Waals surface area contributed by atoms with Gasteiger partial charge in [-0.1, -0.05) is 32.9 Å². The lowest BCUT2D eigenvalue weighted by Gasteiger charge is -2.47. The van der Waals surface area contributed by atoms with Gasteiger partial charge in [0.1, 0.15) is 24.4 Å². The van der Waals surface area contributed by atoms with Crippen molar-refractivity contribution in [3.05, 3.63) is 0 Å². The number of carbonyl (C=O) groups excluding carboxylic acids is 2. The van der Waals surface area contributed by atoms with Gasteiger partial charge in [0.15, 0.2) is 6.29 Å². The quantitative estimate of drug-likeness (QED) is 0.133. The molecule has 2 aliphatic heterocycles. The first-order valence-corrected chi connectivity index (χ1v) is 15.7. The number of oxime groups is 1. The number of ether oxygens (including phenoxy) is 4. The van der Waals surface area contributed by atoms with Gasteiger partial charge in [-0.05, 0) is 47.0 Å². The molecule has 0 aromatic carbocycles. The molecule has 0 aromatic heterocycles. The van der Waals surface area contributed by atoms with Crippen LogP contribution in [0, 0.1) is 23.7 Å². The molecule has 2 fully saturated rings. The molecule has 2 rings (SSSR count). The smallest absolute Gasteiger partial charge is 0.311 e. The van der Waals surface area contributed by atoms with E-state index < -0.39 is 89.8 Å². The Kier molecular flexibility index (Phi) is 13.8. The van der Waals surface area contributed by atoms with Crippen molar-refractivity contribution >= 4 is 17.6 Å². The second kappa shape index (κ2) is 15.8. The van der Waals surface area contributed by atoms with Gasteiger partial charge in [0, 0.05) is 31.9 Å². The molecule has 14 heteroatoms. The number of aliphatic hydroxyl groups is 5. The molecule has 0 saturated carbocycles. The van der Waals surface area contributed by atoms with Crippen LogP contribution in [0.1, 0.15) is 74.7 Å². The van der Waals surface area contributed by atoms with E-state index in [4.69, 9.17) is 18.9 Å². The average molecular weight is 649 g/mol. The van der Waals surface area contributed by atoms with Crippen LogP contribution in [-0.4, -0.2) is 134 Å². The minimum absolute atomic E-state index is 0.0718. The molecule has 0 bridgehead atoms. The number of nitrogens with zero attached hydrogens (tertiary/aromatic N) is 2. The van der Waals surface area contributed by atoms with Gasteiger partial charge >= 0.3 is 5.97 Å². The number of carbonyl (C=O) groups is 2. The number of hydrogen-bond donors (Lipinski definition) is 6. The zero-order chi connectivity index (χ0) is 34.6. The van der Waals surface area contributed by atoms with Crippen LogP contribution in [0.2, 0.25) is 0 Å². The lowest BCUT2D eigenvalue weighted by Crippen LogP contribution is -2.61. The third-order valence-corrected chi connectivity index (χ3v) is 9.73. The van der Waals surface area contributed by atoms with Crippen LogP contribution >= 0.6 is 0 Å². The second-order valence-corrected chi connectivity index (χ2v) is 13.5. The Morgan fingerprint density at radius 2 is 1.67 bits per heavy atom. The number of amides is 1. The molecule has 0 aromatic rings. The van der Waals surface area contributed by atoms with E-state index in [-0.39, 0.29) is 31.1 Å². The zero-order valence-corrected chi connectivity index (χ0v) is 28.3. The van der Waals surface area contributed by atoms with Crippen molar-refractivity contribution in [1.82, 2.24) is 4.90 Å². The number of aliphatic hydroxyl groups excluding tert-OH is 3. The Labute approximate surface area is 266 Å². The predicted molar refractivity (Wildman–Crippen MR) is 162 cm³/mol. The van der Waals surface area contributed by atoms with E-state index >= 15 is 0 Å². The molecule has 14 atom stereocenters. The summed E-state index contributed by atoms with van der Waals surface area (Å²) >= 11 is 0. The highest BCUT2D eigenvalue weighted by Crippen LogP contribution is 2.38. The maximum Gasteiger partial charge on any atom is 0.311 e. The van der Waals surface area contributed by atoms with Crippen LogP contribution in [0.5, 0.6) is 0 Å². The van der Waals surface area contributed by atoms with Gasteiger partial charge in [0.25, 0.3) is 0 Å². The van der Waals surface area contributed by atoms with Gasteiger partial charge in [0.2, 0.25) is 5.91 Å². The van der Waals surface area contributed by atoms with Crippen LogP contribution in [0.25, 0.3) is 0 Å². The number of cyclic esters (lactones) is 1. The van der Waals surface area contributed by atoms with E-state index in [0.29, 0.717) is 6.42 Å². The molecule has 1 amide bonds. The van der Waals surface area contributed by atoms with Crippen LogP contribution in [-0.2, 0) is 28.5 Å². The minimum atomic E-state index is -1.95. The van der Waals surface area contributed by atoms with Crippen LogP contribution in [0.3, 0.4) is 0 Å². The maximum atomic E-state index is 13.3. The SMILES string of the molecule is CC[C@H]1OC(=O)[C@H](C)[C@@H](O)[C@H](C)[C@@H](O[C@@H]2O[C@H](C)C[C@H](N(C)C(=O)COC)[C@H]2O)C(C)(O)C[C@@H](C)/C(=N\O)[C@H](C)[C@@H](O)[C@]1(C)O. The van der Waals surface area contributed by atoms with Crippen LogP contribution in [0.4, 0.5) is 0 Å². The topological polar surface area (TPSA) is 208 Å². The van der Waals surface area contributed by atoms with Gasteiger partial charge in [0.05, 0.1) is 47.7 Å². The fraction of sp³-hybridized carbons (Fsp3) is 0.903. The second-order valence-electron chi connectivity index (χ2n) is 13.5. The van der Waals surface area contributed by atoms with Crippen molar-refractivity contribution in [2.24, 2.45) is 28.8 Å². The van der Waals surface area contributed by atoms with Gasteiger partial charge in [-0.25, -0.2) is 0 Å². The highest BCUT2D eigenvalue weighted by molar-refractivity contribution is 5.88. The number of rotatable bonds is 6. The summed E-state index contributed by atoms with van der Waals surface area (Å²) in [6.45, 7) is 12.3. The summed E-state index contributed by atoms with van der Waals surface area (Å²) in [5.74, 6) is -4.95. The lowest BCUT2D eigenvalue weighted by atomic mass is 9.73. The summed E-state index contributed by atoms with van der Waals surface area (Å²) in [6.07, 6.45) is -8.25. The van der Waals surface area contributed by atoms with Gasteiger partial charge in [-0.3, -0.25) is 9.59 Å². The number of methoxy groups -OCH3 is 1. The highest BCUT2D eigenvalue weighted by Gasteiger charge is 2.51. The first-order valence-electron chi connectivity index (χ1n) is 15.7. The van der Waals surface area contributed by atoms with E-state index in [9.17, 15) is 40.3 Å². The standard InChI is InChI=1S/C31H56N2O12/c1-11-21-31(8,40)26(37)17(4)23(32-41)15(2)13-30(7,39)27(18(5)24(35)19(6)28(38)44-21)45-29-25(36)20(12-16(3)43-29)33(9)22(34)14-42-10/h15-21,24-27,29,35-37,39-41H,11-14H2,1-10H3/b32-23+/t15-,16-,17+,18+,19-,20+,21-,24+,25-,26-,27-,29+,30?,31-/m1/s1. The molecule has 2 saturated heterocycles. The number of esters is 1. The maximum absolute atomic E-state index is 13.3. The van der Waals surface area contributed by atoms with E-state index in [0.717, 1.165) is 0 Å². The first kappa shape index (κ1) is 39.3. The van der Waals surface area contributed by atoms with Gasteiger partial charge in [-0.15, -0.1) is 0 Å². The summed E-state index contributed by atoms with van der Waals surface area (Å²) in [4.78, 5) is 27.2. The predicted octanol–water partition coefficient (Wildman–Crippen LogP) is 0.665. The molecule has 0 spiro atoms. The summed E-state index contributed by atoms with van der Waals surface area (Å²) in [7, 11) is 2.93. The third-order valence-electron chi connectivity index (χ3n) is 9.73. The van der Waals surface area contributed by atoms with Gasteiger partial charge in [-0.2, -0.15) is 0 Å². The summed E-state index contributed by atoms with van der Waals surface area (Å²) in [6, 6.07) is -0.716. The van der Waals surface area contributed by atoms with E-state index in [1.165, 1.54) is 39.8 Å². The van der Waals surface area contributed by atoms with Crippen molar-refractivity contribution in [3.63, 3.8) is 0 Å². The van der Waals surface area contributed by atoms with E-state index in [1.54, 1.807) is 34.6 Å². The zero-order valence-electron chi connectivity index (χ0n) is 28.3. The molecule has 0 aliphatic carbocycles. The number of hydrogen-bond acceptors (Lipinski definition) is 13. The molecular formula is C31H56N2O12. The van der Waals surface area contributed by atoms with Crippen molar-refractivity contribution in [2.75, 3.05) is 20.8 Å². The van der Waals surface area contributed by atoms with Crippen molar-refractivity contribution in [2.45, 2.75) is 135 Å². The van der Waals surface area contributed by atoms with Crippen molar-refractivity contribution in [1.29, 1.82) is 0 Å².